The minimum Gasteiger partial charge on any atom is -0.369 e. The molecule has 0 saturated carbocycles. The topological polar surface area (TPSA) is 79.2 Å². The van der Waals surface area contributed by atoms with Gasteiger partial charge in [-0.05, 0) is 74.3 Å². The fraction of sp³-hybridized carbons (Fsp3) is 0.333. The summed E-state index contributed by atoms with van der Waals surface area (Å²) in [6.07, 6.45) is 2.63. The number of piperazine rings is 1. The summed E-state index contributed by atoms with van der Waals surface area (Å²) in [7, 11) is 0. The first kappa shape index (κ1) is 23.0. The fourth-order valence-corrected chi connectivity index (χ4v) is 4.60. The molecule has 3 heterocycles. The molecule has 0 radical (unpaired) electrons. The first-order chi connectivity index (χ1) is 17.1. The number of anilines is 1. The number of aromatic nitrogens is 4. The Labute approximate surface area is 205 Å². The lowest BCUT2D eigenvalue weighted by atomic mass is 10.1. The second-order valence-electron chi connectivity index (χ2n) is 9.13. The number of amides is 1. The number of aryl methyl sites for hydroxylation is 2. The highest BCUT2D eigenvalue weighted by atomic mass is 16.1. The molecule has 1 aliphatic rings. The molecule has 0 atom stereocenters. The van der Waals surface area contributed by atoms with Crippen LogP contribution in [-0.4, -0.2) is 70.1 Å². The van der Waals surface area contributed by atoms with Crippen molar-refractivity contribution in [3.8, 4) is 5.69 Å². The zero-order valence-corrected chi connectivity index (χ0v) is 20.3. The van der Waals surface area contributed by atoms with Crippen LogP contribution in [0.4, 0.5) is 5.69 Å². The second-order valence-corrected chi connectivity index (χ2v) is 9.13. The molecule has 4 aromatic rings. The number of nitrogens with zero attached hydrogens (tertiary/aromatic N) is 6. The molecule has 0 bridgehead atoms. The Balaban J connectivity index is 1.10. The second kappa shape index (κ2) is 10.2. The van der Waals surface area contributed by atoms with Gasteiger partial charge in [0.15, 0.2) is 5.65 Å². The highest BCUT2D eigenvalue weighted by Gasteiger charge is 2.18. The van der Waals surface area contributed by atoms with E-state index >= 15 is 0 Å². The van der Waals surface area contributed by atoms with Crippen LogP contribution in [-0.2, 0) is 0 Å². The van der Waals surface area contributed by atoms with E-state index in [-0.39, 0.29) is 5.91 Å². The lowest BCUT2D eigenvalue weighted by molar-refractivity contribution is 0.0951. The van der Waals surface area contributed by atoms with Crippen molar-refractivity contribution < 1.29 is 4.79 Å². The van der Waals surface area contributed by atoms with Gasteiger partial charge in [-0.2, -0.15) is 4.68 Å². The van der Waals surface area contributed by atoms with Crippen molar-refractivity contribution >= 4 is 22.8 Å². The average molecular weight is 470 g/mol. The molecule has 0 spiro atoms. The number of hydrogen-bond acceptors (Lipinski definition) is 6. The summed E-state index contributed by atoms with van der Waals surface area (Å²) in [6, 6.07) is 17.8. The minimum atomic E-state index is -0.0797. The van der Waals surface area contributed by atoms with Crippen LogP contribution in [0.25, 0.3) is 16.9 Å². The highest BCUT2D eigenvalue weighted by molar-refractivity contribution is 5.94. The van der Waals surface area contributed by atoms with E-state index in [1.165, 1.54) is 16.8 Å². The largest absolute Gasteiger partial charge is 0.369 e. The van der Waals surface area contributed by atoms with Crippen molar-refractivity contribution in [1.82, 2.24) is 30.2 Å². The monoisotopic (exact) mass is 469 g/mol. The highest BCUT2D eigenvalue weighted by Crippen LogP contribution is 2.23. The van der Waals surface area contributed by atoms with Crippen LogP contribution < -0.4 is 10.2 Å². The Morgan fingerprint density at radius 1 is 1.00 bits per heavy atom. The number of hydrogen-bond donors (Lipinski definition) is 1. The zero-order chi connectivity index (χ0) is 24.2. The molecule has 35 heavy (non-hydrogen) atoms. The molecule has 0 unspecified atom stereocenters. The number of fused-ring (bicyclic) bond motifs is 1. The van der Waals surface area contributed by atoms with Gasteiger partial charge in [0.1, 0.15) is 5.52 Å². The molecule has 180 valence electrons. The van der Waals surface area contributed by atoms with E-state index in [0.717, 1.165) is 50.3 Å². The Bertz CT molecular complexity index is 1320. The standard InChI is InChI=1S/C27H31N7O/c1-20-9-10-21(2)25(18-20)33-16-14-32(15-17-33)13-5-12-29-27(35)22-6-3-7-23(19-22)34-26-24(30-31-34)8-4-11-28-26/h3-4,6-11,18-19H,5,12-17H2,1-2H3,(H,29,35). The van der Waals surface area contributed by atoms with Gasteiger partial charge in [0, 0.05) is 50.2 Å². The van der Waals surface area contributed by atoms with Crippen LogP contribution in [0, 0.1) is 13.8 Å². The molecule has 1 amide bonds. The van der Waals surface area contributed by atoms with Gasteiger partial charge in [-0.25, -0.2) is 4.98 Å². The van der Waals surface area contributed by atoms with Gasteiger partial charge in [-0.15, -0.1) is 5.10 Å². The molecular weight excluding hydrogens is 438 g/mol. The predicted molar refractivity (Wildman–Crippen MR) is 138 cm³/mol. The summed E-state index contributed by atoms with van der Waals surface area (Å²) in [4.78, 5) is 22.1. The third-order valence-electron chi connectivity index (χ3n) is 6.58. The van der Waals surface area contributed by atoms with Crippen LogP contribution in [0.15, 0.2) is 60.8 Å². The number of pyridine rings is 1. The fourth-order valence-electron chi connectivity index (χ4n) is 4.60. The first-order valence-corrected chi connectivity index (χ1v) is 12.2. The third kappa shape index (κ3) is 5.17. The summed E-state index contributed by atoms with van der Waals surface area (Å²) >= 11 is 0. The van der Waals surface area contributed by atoms with Gasteiger partial charge >= 0.3 is 0 Å². The number of carbonyl (C=O) groups is 1. The van der Waals surface area contributed by atoms with Crippen molar-refractivity contribution in [2.45, 2.75) is 20.3 Å². The molecule has 1 fully saturated rings. The van der Waals surface area contributed by atoms with Crippen LogP contribution in [0.2, 0.25) is 0 Å². The zero-order valence-electron chi connectivity index (χ0n) is 20.3. The summed E-state index contributed by atoms with van der Waals surface area (Å²) in [6.45, 7) is 10.1. The van der Waals surface area contributed by atoms with E-state index in [2.05, 4.69) is 62.5 Å². The van der Waals surface area contributed by atoms with Gasteiger partial charge in [-0.1, -0.05) is 23.4 Å². The van der Waals surface area contributed by atoms with Gasteiger partial charge in [0.25, 0.3) is 5.91 Å². The Morgan fingerprint density at radius 2 is 1.86 bits per heavy atom. The van der Waals surface area contributed by atoms with Crippen molar-refractivity contribution in [2.24, 2.45) is 0 Å². The lowest BCUT2D eigenvalue weighted by Gasteiger charge is -2.37. The first-order valence-electron chi connectivity index (χ1n) is 12.2. The van der Waals surface area contributed by atoms with Crippen LogP contribution >= 0.6 is 0 Å². The average Bonchev–Trinajstić information content (AvgIpc) is 3.33. The molecule has 2 aromatic heterocycles. The van der Waals surface area contributed by atoms with E-state index in [4.69, 9.17) is 0 Å². The number of nitrogens with one attached hydrogen (secondary N) is 1. The summed E-state index contributed by atoms with van der Waals surface area (Å²) < 4.78 is 1.66. The SMILES string of the molecule is Cc1ccc(C)c(N2CCN(CCCNC(=O)c3cccc(-n4nnc5cccnc54)c3)CC2)c1. The molecular formula is C27H31N7O. The van der Waals surface area contributed by atoms with E-state index < -0.39 is 0 Å². The van der Waals surface area contributed by atoms with Crippen molar-refractivity contribution in [3.05, 3.63) is 77.5 Å². The Morgan fingerprint density at radius 3 is 2.71 bits per heavy atom. The summed E-state index contributed by atoms with van der Waals surface area (Å²) in [5.74, 6) is -0.0797. The van der Waals surface area contributed by atoms with Crippen molar-refractivity contribution in [3.63, 3.8) is 0 Å². The van der Waals surface area contributed by atoms with E-state index in [1.54, 1.807) is 10.9 Å². The molecule has 5 rings (SSSR count). The molecule has 1 N–H and O–H groups in total. The number of rotatable bonds is 7. The summed E-state index contributed by atoms with van der Waals surface area (Å²) in [5.41, 5.74) is 6.75. The molecule has 1 aliphatic heterocycles. The smallest absolute Gasteiger partial charge is 0.251 e. The molecule has 8 nitrogen and oxygen atoms in total. The summed E-state index contributed by atoms with van der Waals surface area (Å²) in [5, 5.41) is 11.4. The van der Waals surface area contributed by atoms with Crippen LogP contribution in [0.5, 0.6) is 0 Å². The van der Waals surface area contributed by atoms with Crippen LogP contribution in [0.3, 0.4) is 0 Å². The maximum absolute atomic E-state index is 12.7. The quantitative estimate of drug-likeness (QED) is 0.418. The Kier molecular flexibility index (Phi) is 6.72. The predicted octanol–water partition coefficient (Wildman–Crippen LogP) is 3.37. The maximum atomic E-state index is 12.7. The molecule has 0 aliphatic carbocycles. The van der Waals surface area contributed by atoms with Gasteiger partial charge in [-0.3, -0.25) is 9.69 Å². The van der Waals surface area contributed by atoms with E-state index in [0.29, 0.717) is 17.8 Å². The minimum absolute atomic E-state index is 0.0797. The van der Waals surface area contributed by atoms with Crippen LogP contribution in [0.1, 0.15) is 27.9 Å². The molecule has 1 saturated heterocycles. The maximum Gasteiger partial charge on any atom is 0.251 e. The van der Waals surface area contributed by atoms with Gasteiger partial charge in [0.05, 0.1) is 5.69 Å². The number of carbonyl (C=O) groups excluding carboxylic acids is 1. The Hall–Kier alpha value is -3.78. The van der Waals surface area contributed by atoms with Gasteiger partial charge in [0.2, 0.25) is 0 Å². The van der Waals surface area contributed by atoms with Gasteiger partial charge < -0.3 is 10.2 Å². The lowest BCUT2D eigenvalue weighted by Crippen LogP contribution is -2.47. The number of benzene rings is 2. The normalized spacial score (nSPS) is 14.4. The van der Waals surface area contributed by atoms with E-state index in [1.807, 2.05) is 36.4 Å². The van der Waals surface area contributed by atoms with E-state index in [9.17, 15) is 4.79 Å². The van der Waals surface area contributed by atoms with Crippen molar-refractivity contribution in [2.75, 3.05) is 44.2 Å². The third-order valence-corrected chi connectivity index (χ3v) is 6.58. The molecule has 2 aromatic carbocycles. The molecule has 8 heteroatoms. The van der Waals surface area contributed by atoms with Crippen molar-refractivity contribution in [1.29, 1.82) is 0 Å².